The minimum absolute atomic E-state index is 0.260. The normalized spacial score (nSPS) is 16.0. The third-order valence-corrected chi connectivity index (χ3v) is 5.67. The van der Waals surface area contributed by atoms with E-state index >= 15 is 0 Å². The first-order chi connectivity index (χ1) is 10.7. The molecule has 0 bridgehead atoms. The van der Waals surface area contributed by atoms with Crippen molar-refractivity contribution in [3.05, 3.63) is 21.4 Å². The lowest BCUT2D eigenvalue weighted by Crippen LogP contribution is -2.46. The maximum Gasteiger partial charge on any atom is 0.264 e. The highest BCUT2D eigenvalue weighted by Gasteiger charge is 2.27. The largest absolute Gasteiger partial charge is 0.335 e. The number of nitrogens with zero attached hydrogens (tertiary/aromatic N) is 1. The molecule has 1 aliphatic rings. The van der Waals surface area contributed by atoms with Gasteiger partial charge >= 0.3 is 0 Å². The molecule has 0 spiro atoms. The molecule has 1 saturated heterocycles. The molecule has 0 radical (unpaired) electrons. The van der Waals surface area contributed by atoms with E-state index in [4.69, 9.17) is 0 Å². The molecule has 1 fully saturated rings. The Labute approximate surface area is 139 Å². The molecule has 4 heteroatoms. The number of carbonyl (C=O) groups excluding carboxylic acids is 1. The number of rotatable bonds is 7. The van der Waals surface area contributed by atoms with Gasteiger partial charge in [0.05, 0.1) is 4.88 Å². The predicted molar refractivity (Wildman–Crippen MR) is 94.9 cm³/mol. The number of nitrogens with one attached hydrogen (secondary N) is 1. The zero-order valence-electron chi connectivity index (χ0n) is 14.3. The van der Waals surface area contributed by atoms with Crippen LogP contribution in [0.1, 0.15) is 66.6 Å². The van der Waals surface area contributed by atoms with Crippen molar-refractivity contribution in [3.63, 3.8) is 0 Å². The molecule has 1 aliphatic heterocycles. The molecular formula is C18H30N2OS. The molecule has 2 rings (SSSR count). The molecule has 124 valence electrons. The van der Waals surface area contributed by atoms with Crippen LogP contribution in [0.5, 0.6) is 0 Å². The molecule has 2 heterocycles. The lowest BCUT2D eigenvalue weighted by atomic mass is 10.0. The van der Waals surface area contributed by atoms with Crippen molar-refractivity contribution in [2.45, 2.75) is 65.3 Å². The Morgan fingerprint density at radius 2 is 2.00 bits per heavy atom. The summed E-state index contributed by atoms with van der Waals surface area (Å²) in [6.45, 7) is 9.50. The third kappa shape index (κ3) is 4.11. The van der Waals surface area contributed by atoms with Gasteiger partial charge in [0.15, 0.2) is 0 Å². The van der Waals surface area contributed by atoms with Crippen molar-refractivity contribution in [2.24, 2.45) is 0 Å². The van der Waals surface area contributed by atoms with Crippen molar-refractivity contribution >= 4 is 17.2 Å². The molecular weight excluding hydrogens is 292 g/mol. The first-order valence-electron chi connectivity index (χ1n) is 8.84. The fraction of sp³-hybridized carbons (Fsp3) is 0.722. The molecule has 1 aromatic heterocycles. The van der Waals surface area contributed by atoms with E-state index in [1.54, 1.807) is 11.3 Å². The Morgan fingerprint density at radius 3 is 2.59 bits per heavy atom. The van der Waals surface area contributed by atoms with Gasteiger partial charge in [0.2, 0.25) is 0 Å². The minimum Gasteiger partial charge on any atom is -0.335 e. The van der Waals surface area contributed by atoms with Crippen molar-refractivity contribution < 1.29 is 4.79 Å². The van der Waals surface area contributed by atoms with E-state index in [0.29, 0.717) is 6.04 Å². The molecule has 0 aliphatic carbocycles. The van der Waals surface area contributed by atoms with Gasteiger partial charge in [0, 0.05) is 17.5 Å². The van der Waals surface area contributed by atoms with E-state index in [2.05, 4.69) is 37.1 Å². The maximum atomic E-state index is 13.0. The molecule has 1 N–H and O–H groups in total. The Balaban J connectivity index is 2.18. The van der Waals surface area contributed by atoms with Crippen molar-refractivity contribution in [3.8, 4) is 0 Å². The van der Waals surface area contributed by atoms with Crippen LogP contribution in [0, 0.1) is 0 Å². The summed E-state index contributed by atoms with van der Waals surface area (Å²) in [7, 11) is 0. The summed E-state index contributed by atoms with van der Waals surface area (Å²) in [5, 5.41) is 3.39. The van der Waals surface area contributed by atoms with E-state index in [-0.39, 0.29) is 5.91 Å². The average Bonchev–Trinajstić information content (AvgIpc) is 2.96. The second kappa shape index (κ2) is 8.68. The third-order valence-electron chi connectivity index (χ3n) is 4.44. The summed E-state index contributed by atoms with van der Waals surface area (Å²) < 4.78 is 0. The molecule has 3 nitrogen and oxygen atoms in total. The lowest BCUT2D eigenvalue weighted by molar-refractivity contribution is 0.0647. The zero-order valence-corrected chi connectivity index (χ0v) is 15.1. The lowest BCUT2D eigenvalue weighted by Gasteiger charge is -2.34. The first kappa shape index (κ1) is 17.5. The minimum atomic E-state index is 0.260. The van der Waals surface area contributed by atoms with E-state index in [0.717, 1.165) is 63.0 Å². The number of aryl methyl sites for hydroxylation is 2. The van der Waals surface area contributed by atoms with Crippen LogP contribution in [0.2, 0.25) is 0 Å². The van der Waals surface area contributed by atoms with E-state index in [1.165, 1.54) is 10.4 Å². The number of amides is 1. The van der Waals surface area contributed by atoms with Gasteiger partial charge < -0.3 is 10.2 Å². The monoisotopic (exact) mass is 322 g/mol. The number of hydrogen-bond donors (Lipinski definition) is 1. The number of carbonyl (C=O) groups is 1. The molecule has 1 aromatic rings. The van der Waals surface area contributed by atoms with E-state index in [9.17, 15) is 4.79 Å². The zero-order chi connectivity index (χ0) is 15.9. The smallest absolute Gasteiger partial charge is 0.264 e. The second-order valence-electron chi connectivity index (χ2n) is 6.14. The summed E-state index contributed by atoms with van der Waals surface area (Å²) in [5.41, 5.74) is 1.37. The Morgan fingerprint density at radius 1 is 1.27 bits per heavy atom. The van der Waals surface area contributed by atoms with Gasteiger partial charge in [0.1, 0.15) is 0 Å². The fourth-order valence-electron chi connectivity index (χ4n) is 3.26. The van der Waals surface area contributed by atoms with Gasteiger partial charge in [0.25, 0.3) is 5.91 Å². The summed E-state index contributed by atoms with van der Waals surface area (Å²) in [5.74, 6) is 0.260. The molecule has 22 heavy (non-hydrogen) atoms. The van der Waals surface area contributed by atoms with Crippen molar-refractivity contribution in [1.82, 2.24) is 10.2 Å². The molecule has 0 unspecified atom stereocenters. The van der Waals surface area contributed by atoms with Crippen LogP contribution in [0.3, 0.4) is 0 Å². The van der Waals surface area contributed by atoms with Crippen LogP contribution in [-0.2, 0) is 12.8 Å². The number of hydrogen-bond acceptors (Lipinski definition) is 3. The van der Waals surface area contributed by atoms with Gasteiger partial charge in [-0.3, -0.25) is 4.79 Å². The van der Waals surface area contributed by atoms with E-state index < -0.39 is 0 Å². The topological polar surface area (TPSA) is 32.3 Å². The maximum absolute atomic E-state index is 13.0. The number of thiophene rings is 1. The highest BCUT2D eigenvalue weighted by Crippen LogP contribution is 2.27. The van der Waals surface area contributed by atoms with E-state index in [1.807, 2.05) is 0 Å². The number of piperidine rings is 1. The van der Waals surface area contributed by atoms with Crippen LogP contribution in [0.4, 0.5) is 0 Å². The van der Waals surface area contributed by atoms with Gasteiger partial charge in [-0.15, -0.1) is 11.3 Å². The van der Waals surface area contributed by atoms with Crippen LogP contribution < -0.4 is 5.32 Å². The average molecular weight is 323 g/mol. The fourth-order valence-corrected chi connectivity index (χ4v) is 4.57. The molecule has 0 saturated carbocycles. The van der Waals surface area contributed by atoms with Crippen LogP contribution >= 0.6 is 11.3 Å². The summed E-state index contributed by atoms with van der Waals surface area (Å²) >= 11 is 1.73. The van der Waals surface area contributed by atoms with Gasteiger partial charge in [-0.25, -0.2) is 0 Å². The van der Waals surface area contributed by atoms with Gasteiger partial charge in [-0.05, 0) is 56.8 Å². The highest BCUT2D eigenvalue weighted by atomic mass is 32.1. The van der Waals surface area contributed by atoms with Crippen LogP contribution in [0.15, 0.2) is 6.07 Å². The standard InChI is InChI=1S/C18H30N2OS/c1-4-7-16-14(6-3)13-17(22-16)18(21)20(12-5-2)15-8-10-19-11-9-15/h13,15,19H,4-12H2,1-3H3. The summed E-state index contributed by atoms with van der Waals surface area (Å²) in [4.78, 5) is 17.5. The highest BCUT2D eigenvalue weighted by molar-refractivity contribution is 7.14. The Hall–Kier alpha value is -0.870. The van der Waals surface area contributed by atoms with Crippen molar-refractivity contribution in [2.75, 3.05) is 19.6 Å². The van der Waals surface area contributed by atoms with Crippen LogP contribution in [0.25, 0.3) is 0 Å². The Bertz CT molecular complexity index is 477. The second-order valence-corrected chi connectivity index (χ2v) is 7.28. The Kier molecular flexibility index (Phi) is 6.90. The quantitative estimate of drug-likeness (QED) is 0.826. The van der Waals surface area contributed by atoms with Crippen molar-refractivity contribution in [1.29, 1.82) is 0 Å². The summed E-state index contributed by atoms with van der Waals surface area (Å²) in [6, 6.07) is 2.57. The predicted octanol–water partition coefficient (Wildman–Crippen LogP) is 3.87. The SMILES string of the molecule is CCCc1sc(C(=O)N(CCC)C2CCNCC2)cc1CC. The van der Waals surface area contributed by atoms with Gasteiger partial charge in [-0.2, -0.15) is 0 Å². The molecule has 1 amide bonds. The first-order valence-corrected chi connectivity index (χ1v) is 9.66. The van der Waals surface area contributed by atoms with Gasteiger partial charge in [-0.1, -0.05) is 27.2 Å². The molecule has 0 atom stereocenters. The summed E-state index contributed by atoms with van der Waals surface area (Å²) in [6.07, 6.45) is 6.47. The molecule has 0 aromatic carbocycles. The van der Waals surface area contributed by atoms with Crippen LogP contribution in [-0.4, -0.2) is 36.5 Å².